The zero-order valence-electron chi connectivity index (χ0n) is 10.2. The standard InChI is InChI=1S/C12H15N5S/c1-8-9(7-16-17-8)3-2-4-15-12-5-10(14)11(6-13)18-12/h5,7,15H,2-4,14H2,1H3,(H,16,17). The van der Waals surface area contributed by atoms with Gasteiger partial charge < -0.3 is 11.1 Å². The zero-order valence-corrected chi connectivity index (χ0v) is 11.0. The number of nitrogen functional groups attached to an aromatic ring is 1. The molecule has 18 heavy (non-hydrogen) atoms. The minimum Gasteiger partial charge on any atom is -0.397 e. The number of nitrogens with two attached hydrogens (primary N) is 1. The molecule has 0 aliphatic carbocycles. The minimum absolute atomic E-state index is 0.552. The van der Waals surface area contributed by atoms with E-state index in [9.17, 15) is 0 Å². The molecule has 0 unspecified atom stereocenters. The van der Waals surface area contributed by atoms with Crippen molar-refractivity contribution >= 4 is 22.0 Å². The number of H-pyrrole nitrogens is 1. The second-order valence-electron chi connectivity index (χ2n) is 4.06. The number of nitriles is 1. The topological polar surface area (TPSA) is 90.5 Å². The number of nitrogens with zero attached hydrogens (tertiary/aromatic N) is 2. The summed E-state index contributed by atoms with van der Waals surface area (Å²) in [5.74, 6) is 0. The Morgan fingerprint density at radius 3 is 3.06 bits per heavy atom. The Hall–Kier alpha value is -2.00. The highest BCUT2D eigenvalue weighted by molar-refractivity contribution is 7.17. The number of thiophene rings is 1. The molecule has 0 aromatic carbocycles. The molecule has 4 N–H and O–H groups in total. The largest absolute Gasteiger partial charge is 0.397 e. The number of rotatable bonds is 5. The molecule has 0 aliphatic heterocycles. The summed E-state index contributed by atoms with van der Waals surface area (Å²) in [6.45, 7) is 2.88. The van der Waals surface area contributed by atoms with Crippen LogP contribution in [-0.2, 0) is 6.42 Å². The second-order valence-corrected chi connectivity index (χ2v) is 5.11. The lowest BCUT2D eigenvalue weighted by atomic mass is 10.1. The molecule has 0 bridgehead atoms. The fourth-order valence-electron chi connectivity index (χ4n) is 1.70. The van der Waals surface area contributed by atoms with E-state index in [1.165, 1.54) is 16.9 Å². The number of aromatic amines is 1. The van der Waals surface area contributed by atoms with E-state index < -0.39 is 0 Å². The molecule has 0 saturated carbocycles. The predicted molar refractivity (Wildman–Crippen MR) is 73.6 cm³/mol. The first-order chi connectivity index (χ1) is 8.70. The number of nitrogens with one attached hydrogen (secondary N) is 2. The van der Waals surface area contributed by atoms with E-state index in [1.807, 2.05) is 19.2 Å². The summed E-state index contributed by atoms with van der Waals surface area (Å²) >= 11 is 1.39. The van der Waals surface area contributed by atoms with Crippen molar-refractivity contribution in [1.29, 1.82) is 5.26 Å². The Morgan fingerprint density at radius 1 is 1.61 bits per heavy atom. The first-order valence-electron chi connectivity index (χ1n) is 5.73. The van der Waals surface area contributed by atoms with Gasteiger partial charge in [0.15, 0.2) is 0 Å². The van der Waals surface area contributed by atoms with Crippen LogP contribution in [0.5, 0.6) is 0 Å². The SMILES string of the molecule is Cc1[nH]ncc1CCCNc1cc(N)c(C#N)s1. The van der Waals surface area contributed by atoms with Gasteiger partial charge in [-0.1, -0.05) is 0 Å². The molecule has 2 heterocycles. The summed E-state index contributed by atoms with van der Waals surface area (Å²) in [7, 11) is 0. The Labute approximate surface area is 110 Å². The molecule has 0 spiro atoms. The number of aromatic nitrogens is 2. The fourth-order valence-corrected chi connectivity index (χ4v) is 2.50. The minimum atomic E-state index is 0.552. The summed E-state index contributed by atoms with van der Waals surface area (Å²) in [6.07, 6.45) is 3.87. The number of hydrogen-bond acceptors (Lipinski definition) is 5. The van der Waals surface area contributed by atoms with Gasteiger partial charge in [-0.25, -0.2) is 0 Å². The molecule has 2 aromatic rings. The van der Waals surface area contributed by atoms with Crippen LogP contribution in [0.2, 0.25) is 0 Å². The van der Waals surface area contributed by atoms with Gasteiger partial charge in [0.05, 0.1) is 16.9 Å². The third-order valence-corrected chi connectivity index (χ3v) is 3.73. The molecule has 0 saturated heterocycles. The van der Waals surface area contributed by atoms with E-state index in [2.05, 4.69) is 21.6 Å². The van der Waals surface area contributed by atoms with Crippen molar-refractivity contribution in [2.75, 3.05) is 17.6 Å². The molecular formula is C12H15N5S. The fraction of sp³-hybridized carbons (Fsp3) is 0.333. The molecule has 2 rings (SSSR count). The first kappa shape index (κ1) is 12.5. The summed E-state index contributed by atoms with van der Waals surface area (Å²) in [5.41, 5.74) is 8.62. The lowest BCUT2D eigenvalue weighted by Gasteiger charge is -2.02. The number of aryl methyl sites for hydroxylation is 2. The average Bonchev–Trinajstić information content (AvgIpc) is 2.91. The highest BCUT2D eigenvalue weighted by Gasteiger charge is 2.05. The van der Waals surface area contributed by atoms with Gasteiger partial charge in [-0.2, -0.15) is 10.4 Å². The molecule has 0 amide bonds. The van der Waals surface area contributed by atoms with Crippen LogP contribution in [0.1, 0.15) is 22.6 Å². The van der Waals surface area contributed by atoms with Crippen molar-refractivity contribution in [2.45, 2.75) is 19.8 Å². The lowest BCUT2D eigenvalue weighted by Crippen LogP contribution is -2.01. The summed E-state index contributed by atoms with van der Waals surface area (Å²) in [5, 5.41) is 19.9. The van der Waals surface area contributed by atoms with Crippen molar-refractivity contribution in [2.24, 2.45) is 0 Å². The monoisotopic (exact) mass is 261 g/mol. The zero-order chi connectivity index (χ0) is 13.0. The quantitative estimate of drug-likeness (QED) is 0.720. The highest BCUT2D eigenvalue weighted by atomic mass is 32.1. The molecule has 0 atom stereocenters. The normalized spacial score (nSPS) is 10.2. The average molecular weight is 261 g/mol. The van der Waals surface area contributed by atoms with Gasteiger partial charge in [-0.05, 0) is 31.4 Å². The van der Waals surface area contributed by atoms with Crippen LogP contribution in [0.25, 0.3) is 0 Å². The third-order valence-electron chi connectivity index (χ3n) is 2.72. The van der Waals surface area contributed by atoms with Crippen molar-refractivity contribution in [1.82, 2.24) is 10.2 Å². The molecule has 0 radical (unpaired) electrons. The first-order valence-corrected chi connectivity index (χ1v) is 6.54. The van der Waals surface area contributed by atoms with Gasteiger partial charge in [0.25, 0.3) is 0 Å². The Balaban J connectivity index is 1.79. The van der Waals surface area contributed by atoms with E-state index in [1.54, 1.807) is 0 Å². The highest BCUT2D eigenvalue weighted by Crippen LogP contribution is 2.28. The van der Waals surface area contributed by atoms with E-state index >= 15 is 0 Å². The molecule has 5 nitrogen and oxygen atoms in total. The molecule has 2 aromatic heterocycles. The van der Waals surface area contributed by atoms with E-state index in [0.29, 0.717) is 10.6 Å². The number of anilines is 2. The van der Waals surface area contributed by atoms with Crippen molar-refractivity contribution in [3.63, 3.8) is 0 Å². The van der Waals surface area contributed by atoms with E-state index in [-0.39, 0.29) is 0 Å². The van der Waals surface area contributed by atoms with Crippen LogP contribution in [-0.4, -0.2) is 16.7 Å². The lowest BCUT2D eigenvalue weighted by molar-refractivity contribution is 0.859. The van der Waals surface area contributed by atoms with Crippen LogP contribution >= 0.6 is 11.3 Å². The van der Waals surface area contributed by atoms with Crippen LogP contribution in [0.3, 0.4) is 0 Å². The van der Waals surface area contributed by atoms with Crippen molar-refractivity contribution in [3.05, 3.63) is 28.4 Å². The Kier molecular flexibility index (Phi) is 3.85. The van der Waals surface area contributed by atoms with E-state index in [4.69, 9.17) is 11.0 Å². The summed E-state index contributed by atoms with van der Waals surface area (Å²) < 4.78 is 0. The number of hydrogen-bond donors (Lipinski definition) is 3. The van der Waals surface area contributed by atoms with Crippen LogP contribution in [0.15, 0.2) is 12.3 Å². The van der Waals surface area contributed by atoms with Gasteiger partial charge in [-0.3, -0.25) is 5.10 Å². The maximum atomic E-state index is 8.80. The van der Waals surface area contributed by atoms with Gasteiger partial charge >= 0.3 is 0 Å². The molecule has 94 valence electrons. The molecule has 0 fully saturated rings. The maximum absolute atomic E-state index is 8.80. The van der Waals surface area contributed by atoms with Crippen molar-refractivity contribution in [3.8, 4) is 6.07 Å². The third kappa shape index (κ3) is 2.81. The van der Waals surface area contributed by atoms with Crippen LogP contribution < -0.4 is 11.1 Å². The smallest absolute Gasteiger partial charge is 0.129 e. The molecule has 0 aliphatic rings. The molecule has 6 heteroatoms. The Morgan fingerprint density at radius 2 is 2.44 bits per heavy atom. The van der Waals surface area contributed by atoms with Crippen LogP contribution in [0.4, 0.5) is 10.7 Å². The van der Waals surface area contributed by atoms with Gasteiger partial charge in [0.1, 0.15) is 10.9 Å². The van der Waals surface area contributed by atoms with Gasteiger partial charge in [0, 0.05) is 12.2 Å². The Bertz CT molecular complexity index is 563. The summed E-state index contributed by atoms with van der Waals surface area (Å²) in [4.78, 5) is 0.572. The second kappa shape index (κ2) is 5.56. The van der Waals surface area contributed by atoms with Crippen LogP contribution in [0, 0.1) is 18.3 Å². The predicted octanol–water partition coefficient (Wildman–Crippen LogP) is 2.28. The van der Waals surface area contributed by atoms with Crippen molar-refractivity contribution < 1.29 is 0 Å². The van der Waals surface area contributed by atoms with E-state index in [0.717, 1.165) is 30.1 Å². The maximum Gasteiger partial charge on any atom is 0.129 e. The van der Waals surface area contributed by atoms with Gasteiger partial charge in [0.2, 0.25) is 0 Å². The summed E-state index contributed by atoms with van der Waals surface area (Å²) in [6, 6.07) is 3.89. The molecular weight excluding hydrogens is 246 g/mol. The van der Waals surface area contributed by atoms with Gasteiger partial charge in [-0.15, -0.1) is 11.3 Å².